The van der Waals surface area contributed by atoms with Gasteiger partial charge in [0, 0.05) is 51.2 Å². The molecule has 3 rings (SSSR count). The van der Waals surface area contributed by atoms with Gasteiger partial charge in [-0.3, -0.25) is 0 Å². The van der Waals surface area contributed by atoms with Crippen LogP contribution in [0.25, 0.3) is 0 Å². The third-order valence-corrected chi connectivity index (χ3v) is 3.44. The molecule has 18 heavy (non-hydrogen) atoms. The van der Waals surface area contributed by atoms with E-state index in [1.807, 2.05) is 32.0 Å². The van der Waals surface area contributed by atoms with Crippen molar-refractivity contribution < 1.29 is 0 Å². The third-order valence-electron chi connectivity index (χ3n) is 3.44. The van der Waals surface area contributed by atoms with Crippen molar-refractivity contribution in [2.45, 2.75) is 31.8 Å². The van der Waals surface area contributed by atoms with Crippen molar-refractivity contribution in [3.8, 4) is 0 Å². The van der Waals surface area contributed by atoms with Crippen molar-refractivity contribution in [2.24, 2.45) is 7.05 Å². The molecule has 5 nitrogen and oxygen atoms in total. The molecule has 5 heteroatoms. The predicted octanol–water partition coefficient (Wildman–Crippen LogP) is 1.28. The molecule has 96 valence electrons. The van der Waals surface area contributed by atoms with Gasteiger partial charge in [-0.2, -0.15) is 0 Å². The van der Waals surface area contributed by atoms with E-state index in [0.29, 0.717) is 6.04 Å². The van der Waals surface area contributed by atoms with Crippen LogP contribution in [0.15, 0.2) is 24.9 Å². The fourth-order valence-corrected chi connectivity index (χ4v) is 2.20. The van der Waals surface area contributed by atoms with E-state index in [0.717, 1.165) is 25.3 Å². The molecule has 0 atom stereocenters. The normalized spacial score (nSPS) is 15.2. The van der Waals surface area contributed by atoms with E-state index in [9.17, 15) is 0 Å². The van der Waals surface area contributed by atoms with Crippen molar-refractivity contribution in [1.82, 2.24) is 24.4 Å². The Balaban J connectivity index is 1.47. The largest absolute Gasteiger partial charge is 0.338 e. The predicted molar refractivity (Wildman–Crippen MR) is 69.1 cm³/mol. The van der Waals surface area contributed by atoms with Crippen LogP contribution in [0.1, 0.15) is 30.4 Å². The first-order valence-corrected chi connectivity index (χ1v) is 6.52. The number of aromatic nitrogens is 4. The Labute approximate surface area is 107 Å². The highest BCUT2D eigenvalue weighted by molar-refractivity contribution is 5.03. The quantitative estimate of drug-likeness (QED) is 0.780. The van der Waals surface area contributed by atoms with Gasteiger partial charge in [0.1, 0.15) is 5.82 Å². The lowest BCUT2D eigenvalue weighted by atomic mass is 10.3. The molecule has 0 bridgehead atoms. The molecule has 0 saturated heterocycles. The lowest BCUT2D eigenvalue weighted by Gasteiger charge is -2.08. The Morgan fingerprint density at radius 3 is 3.06 bits per heavy atom. The van der Waals surface area contributed by atoms with Crippen molar-refractivity contribution in [1.29, 1.82) is 0 Å². The van der Waals surface area contributed by atoms with Crippen LogP contribution in [0.5, 0.6) is 0 Å². The summed E-state index contributed by atoms with van der Waals surface area (Å²) < 4.78 is 4.36. The van der Waals surface area contributed by atoms with Gasteiger partial charge in [0.2, 0.25) is 0 Å². The van der Waals surface area contributed by atoms with E-state index in [-0.39, 0.29) is 0 Å². The standard InChI is InChI=1S/C13H19N5/c1-17-7-6-16-13(17)4-5-14-8-12-9-15-10-18(12)11-2-3-11/h6-7,9-11,14H,2-5,8H2,1H3. The maximum absolute atomic E-state index is 4.31. The molecule has 1 aliphatic rings. The topological polar surface area (TPSA) is 47.7 Å². The second-order valence-electron chi connectivity index (χ2n) is 4.90. The lowest BCUT2D eigenvalue weighted by Crippen LogP contribution is -2.19. The van der Waals surface area contributed by atoms with Crippen LogP contribution in [-0.4, -0.2) is 25.6 Å². The maximum Gasteiger partial charge on any atom is 0.109 e. The van der Waals surface area contributed by atoms with Gasteiger partial charge >= 0.3 is 0 Å². The minimum atomic E-state index is 0.707. The van der Waals surface area contributed by atoms with Gasteiger partial charge in [-0.1, -0.05) is 0 Å². The van der Waals surface area contributed by atoms with Crippen LogP contribution in [0.3, 0.4) is 0 Å². The fraction of sp³-hybridized carbons (Fsp3) is 0.538. The average molecular weight is 245 g/mol. The summed E-state index contributed by atoms with van der Waals surface area (Å²) in [5.74, 6) is 1.12. The Kier molecular flexibility index (Phi) is 3.15. The average Bonchev–Trinajstić information content (AvgIpc) is 2.97. The smallest absolute Gasteiger partial charge is 0.109 e. The van der Waals surface area contributed by atoms with Gasteiger partial charge < -0.3 is 14.5 Å². The highest BCUT2D eigenvalue weighted by atomic mass is 15.1. The molecule has 0 radical (unpaired) electrons. The molecular formula is C13H19N5. The number of nitrogens with one attached hydrogen (secondary N) is 1. The van der Waals surface area contributed by atoms with Crippen LogP contribution in [0, 0.1) is 0 Å². The van der Waals surface area contributed by atoms with Crippen LogP contribution < -0.4 is 5.32 Å². The summed E-state index contributed by atoms with van der Waals surface area (Å²) in [4.78, 5) is 8.54. The summed E-state index contributed by atoms with van der Waals surface area (Å²) in [6.07, 6.45) is 11.3. The first kappa shape index (κ1) is 11.5. The zero-order valence-electron chi connectivity index (χ0n) is 10.7. The SMILES string of the molecule is Cn1ccnc1CCNCc1cncn1C1CC1. The van der Waals surface area contributed by atoms with Crippen molar-refractivity contribution in [3.05, 3.63) is 36.4 Å². The summed E-state index contributed by atoms with van der Waals surface area (Å²) in [5, 5.41) is 3.46. The number of aryl methyl sites for hydroxylation is 1. The number of nitrogens with zero attached hydrogens (tertiary/aromatic N) is 4. The molecule has 0 spiro atoms. The van der Waals surface area contributed by atoms with E-state index in [1.54, 1.807) is 0 Å². The van der Waals surface area contributed by atoms with Gasteiger partial charge in [0.15, 0.2) is 0 Å². The fourth-order valence-electron chi connectivity index (χ4n) is 2.20. The first-order valence-electron chi connectivity index (χ1n) is 6.52. The van der Waals surface area contributed by atoms with E-state index in [1.165, 1.54) is 18.5 Å². The zero-order valence-corrected chi connectivity index (χ0v) is 10.7. The van der Waals surface area contributed by atoms with Crippen molar-refractivity contribution in [3.63, 3.8) is 0 Å². The van der Waals surface area contributed by atoms with Crippen LogP contribution in [-0.2, 0) is 20.0 Å². The monoisotopic (exact) mass is 245 g/mol. The van der Waals surface area contributed by atoms with Gasteiger partial charge in [0.05, 0.1) is 12.0 Å². The second-order valence-corrected chi connectivity index (χ2v) is 4.90. The zero-order chi connectivity index (χ0) is 12.4. The molecule has 2 aromatic heterocycles. The van der Waals surface area contributed by atoms with Crippen LogP contribution in [0.4, 0.5) is 0 Å². The molecule has 2 aromatic rings. The highest BCUT2D eigenvalue weighted by Crippen LogP contribution is 2.35. The number of imidazole rings is 2. The number of hydrogen-bond acceptors (Lipinski definition) is 3. The van der Waals surface area contributed by atoms with E-state index < -0.39 is 0 Å². The Bertz CT molecular complexity index is 509. The van der Waals surface area contributed by atoms with Gasteiger partial charge in [-0.25, -0.2) is 9.97 Å². The summed E-state index contributed by atoms with van der Waals surface area (Å²) in [6.45, 7) is 1.83. The second kappa shape index (κ2) is 4.94. The van der Waals surface area contributed by atoms with Crippen LogP contribution in [0.2, 0.25) is 0 Å². The molecule has 0 aliphatic heterocycles. The molecule has 1 fully saturated rings. The molecular weight excluding hydrogens is 226 g/mol. The minimum Gasteiger partial charge on any atom is -0.338 e. The van der Waals surface area contributed by atoms with Gasteiger partial charge in [0.25, 0.3) is 0 Å². The van der Waals surface area contributed by atoms with E-state index >= 15 is 0 Å². The minimum absolute atomic E-state index is 0.707. The van der Waals surface area contributed by atoms with Crippen LogP contribution >= 0.6 is 0 Å². The molecule has 0 amide bonds. The number of hydrogen-bond donors (Lipinski definition) is 1. The summed E-state index contributed by atoms with van der Waals surface area (Å²) in [6, 6.07) is 0.707. The molecule has 1 saturated carbocycles. The van der Waals surface area contributed by atoms with Gasteiger partial charge in [-0.15, -0.1) is 0 Å². The Morgan fingerprint density at radius 2 is 2.33 bits per heavy atom. The Morgan fingerprint density at radius 1 is 1.44 bits per heavy atom. The Hall–Kier alpha value is -1.62. The summed E-state index contributed by atoms with van der Waals surface area (Å²) >= 11 is 0. The van der Waals surface area contributed by atoms with E-state index in [2.05, 4.69) is 24.4 Å². The maximum atomic E-state index is 4.31. The molecule has 2 heterocycles. The molecule has 0 unspecified atom stereocenters. The lowest BCUT2D eigenvalue weighted by molar-refractivity contribution is 0.608. The summed E-state index contributed by atoms with van der Waals surface area (Å²) in [5.41, 5.74) is 1.29. The molecule has 1 aliphatic carbocycles. The molecule has 1 N–H and O–H groups in total. The highest BCUT2D eigenvalue weighted by Gasteiger charge is 2.24. The molecule has 0 aromatic carbocycles. The first-order chi connectivity index (χ1) is 8.84. The third kappa shape index (κ3) is 2.46. The van der Waals surface area contributed by atoms with Crippen molar-refractivity contribution in [2.75, 3.05) is 6.54 Å². The van der Waals surface area contributed by atoms with Crippen molar-refractivity contribution >= 4 is 0 Å². The summed E-state index contributed by atoms with van der Waals surface area (Å²) in [7, 11) is 2.03. The number of rotatable bonds is 6. The van der Waals surface area contributed by atoms with Gasteiger partial charge in [-0.05, 0) is 12.8 Å². The van der Waals surface area contributed by atoms with E-state index in [4.69, 9.17) is 0 Å².